The quantitative estimate of drug-likeness (QED) is 0.315. The van der Waals surface area contributed by atoms with Crippen molar-refractivity contribution in [1.82, 2.24) is 0 Å². The van der Waals surface area contributed by atoms with Gasteiger partial charge in [-0.1, -0.05) is 0 Å². The molecule has 6 nitrogen and oxygen atoms in total. The Morgan fingerprint density at radius 3 is 1.50 bits per heavy atom. The Morgan fingerprint density at radius 2 is 1.50 bits per heavy atom. The zero-order valence-corrected chi connectivity index (χ0v) is 5.40. The van der Waals surface area contributed by atoms with Crippen LogP contribution in [0, 0.1) is 0 Å². The third-order valence-electron chi connectivity index (χ3n) is 0.175. The molecule has 0 aromatic rings. The monoisotopic (exact) mass is 143 g/mol. The molecule has 4 N–H and O–H groups in total. The number of rotatable bonds is 1. The van der Waals surface area contributed by atoms with E-state index in [1.165, 1.54) is 0 Å². The number of nitrogens with two attached hydrogens (primary N) is 1. The van der Waals surface area contributed by atoms with Gasteiger partial charge in [0.05, 0.1) is 6.54 Å². The summed E-state index contributed by atoms with van der Waals surface area (Å²) in [4.78, 5) is 17.7. The predicted octanol–water partition coefficient (Wildman–Crippen LogP) is -5.08. The molecular weight excluding hydrogens is 137 g/mol. The van der Waals surface area contributed by atoms with E-state index in [0.29, 0.717) is 0 Å². The molecule has 7 heteroatoms. The summed E-state index contributed by atoms with van der Waals surface area (Å²) >= 11 is 0. The van der Waals surface area contributed by atoms with Gasteiger partial charge < -0.3 is 25.8 Å². The van der Waals surface area contributed by atoms with E-state index >= 15 is 0 Å². The fourth-order valence-electron chi connectivity index (χ4n) is 0. The molecule has 0 aromatic heterocycles. The van der Waals surface area contributed by atoms with Gasteiger partial charge in [0, 0.05) is 0 Å². The van der Waals surface area contributed by atoms with Crippen LogP contribution in [0.15, 0.2) is 0 Å². The van der Waals surface area contributed by atoms with Crippen molar-refractivity contribution in [3.05, 3.63) is 0 Å². The Bertz CT molecular complexity index is 101. The first-order valence-electron chi connectivity index (χ1n) is 1.82. The van der Waals surface area contributed by atoms with Gasteiger partial charge in [-0.25, -0.2) is 0 Å². The van der Waals surface area contributed by atoms with E-state index in [0.717, 1.165) is 0 Å². The summed E-state index contributed by atoms with van der Waals surface area (Å²) in [6, 6.07) is 0. The molecule has 0 aliphatic heterocycles. The number of hydrogen-bond acceptors (Lipinski definition) is 4. The number of carboxylic acid groups (broad SMARTS) is 3. The van der Waals surface area contributed by atoms with Gasteiger partial charge in [0.1, 0.15) is 0 Å². The zero-order valence-electron chi connectivity index (χ0n) is 5.40. The van der Waals surface area contributed by atoms with E-state index < -0.39 is 12.1 Å². The molecule has 0 radical (unpaired) electrons. The third kappa shape index (κ3) is 172. The zero-order chi connectivity index (χ0) is 7.86. The molecule has 0 unspecified atom stereocenters. The smallest absolute Gasteiger partial charge is 0.565 e. The van der Waals surface area contributed by atoms with E-state index in [1.807, 2.05) is 0 Å². The maximum Gasteiger partial charge on any atom is 1.00 e. The summed E-state index contributed by atoms with van der Waals surface area (Å²) in [6.07, 6.45) is -2.08. The molecular formula is C3H6LiNO5. The van der Waals surface area contributed by atoms with E-state index in [-0.39, 0.29) is 25.4 Å². The maximum atomic E-state index is 9.24. The van der Waals surface area contributed by atoms with E-state index in [9.17, 15) is 4.79 Å². The summed E-state index contributed by atoms with van der Waals surface area (Å²) in [5.74, 6) is -0.968. The van der Waals surface area contributed by atoms with Gasteiger partial charge in [-0.2, -0.15) is 0 Å². The minimum atomic E-state index is -2.08. The second-order valence-electron chi connectivity index (χ2n) is 0.864. The average molecular weight is 143 g/mol. The first kappa shape index (κ1) is 16.1. The van der Waals surface area contributed by atoms with Gasteiger partial charge in [0.25, 0.3) is 0 Å². The van der Waals surface area contributed by atoms with Gasteiger partial charge in [-0.3, -0.25) is 4.79 Å². The normalized spacial score (nSPS) is 6.10. The molecule has 0 bridgehead atoms. The van der Waals surface area contributed by atoms with Crippen LogP contribution in [0.4, 0.5) is 4.79 Å². The van der Waals surface area contributed by atoms with E-state index in [4.69, 9.17) is 20.1 Å². The van der Waals surface area contributed by atoms with Crippen LogP contribution in [0.5, 0.6) is 0 Å². The molecule has 0 aliphatic rings. The topological polar surface area (TPSA) is 124 Å². The van der Waals surface area contributed by atoms with E-state index in [2.05, 4.69) is 5.73 Å². The summed E-state index contributed by atoms with van der Waals surface area (Å²) in [5.41, 5.74) is 4.57. The van der Waals surface area contributed by atoms with Gasteiger partial charge in [0.2, 0.25) is 6.16 Å². The SMILES string of the molecule is NCC(=O)O.O=C([O-])O.[Li+]. The van der Waals surface area contributed by atoms with Crippen LogP contribution in [0.1, 0.15) is 0 Å². The predicted molar refractivity (Wildman–Crippen MR) is 24.7 cm³/mol. The second kappa shape index (κ2) is 11.1. The number of carboxylic acids is 1. The molecule has 0 saturated carbocycles. The molecule has 0 saturated heterocycles. The molecule has 0 rings (SSSR count). The van der Waals surface area contributed by atoms with Crippen molar-refractivity contribution in [2.24, 2.45) is 5.73 Å². The van der Waals surface area contributed by atoms with Crippen LogP contribution in [-0.4, -0.2) is 28.9 Å². The molecule has 0 aliphatic carbocycles. The van der Waals surface area contributed by atoms with E-state index in [1.54, 1.807) is 0 Å². The Hall–Kier alpha value is -0.703. The standard InChI is InChI=1S/C2H5NO2.CH2O3.Li/c3-1-2(4)5;2-1(3)4;/h1,3H2,(H,4,5);(H2,2,3,4);/q;;+1/p-1. The van der Waals surface area contributed by atoms with Crippen molar-refractivity contribution >= 4 is 12.1 Å². The Balaban J connectivity index is -0.0000000910. The number of aliphatic carboxylic acids is 1. The summed E-state index contributed by atoms with van der Waals surface area (Å²) in [6.45, 7) is -0.278. The maximum absolute atomic E-state index is 9.24. The number of carbonyl (C=O) groups is 2. The van der Waals surface area contributed by atoms with Crippen LogP contribution in [0.2, 0.25) is 0 Å². The molecule has 10 heavy (non-hydrogen) atoms. The average Bonchev–Trinajstić information content (AvgIpc) is 1.65. The van der Waals surface area contributed by atoms with Crippen molar-refractivity contribution in [2.75, 3.05) is 6.54 Å². The van der Waals surface area contributed by atoms with Crippen LogP contribution in [0.3, 0.4) is 0 Å². The van der Waals surface area contributed by atoms with Crippen molar-refractivity contribution in [1.29, 1.82) is 0 Å². The molecule has 54 valence electrons. The van der Waals surface area contributed by atoms with Gasteiger partial charge in [-0.05, 0) is 0 Å². The Labute approximate surface area is 68.8 Å². The summed E-state index contributed by atoms with van der Waals surface area (Å²) in [7, 11) is 0. The molecule has 0 aromatic carbocycles. The van der Waals surface area contributed by atoms with Gasteiger partial charge in [-0.15, -0.1) is 0 Å². The second-order valence-corrected chi connectivity index (χ2v) is 0.864. The molecule has 0 fully saturated rings. The summed E-state index contributed by atoms with van der Waals surface area (Å²) in [5, 5.41) is 22.9. The minimum absolute atomic E-state index is 0. The van der Waals surface area contributed by atoms with Crippen molar-refractivity contribution in [3.63, 3.8) is 0 Å². The van der Waals surface area contributed by atoms with Crippen molar-refractivity contribution in [3.8, 4) is 0 Å². The van der Waals surface area contributed by atoms with Crippen LogP contribution in [0.25, 0.3) is 0 Å². The third-order valence-corrected chi connectivity index (χ3v) is 0.175. The van der Waals surface area contributed by atoms with Gasteiger partial charge in [0.15, 0.2) is 0 Å². The summed E-state index contributed by atoms with van der Waals surface area (Å²) < 4.78 is 0. The fourth-order valence-corrected chi connectivity index (χ4v) is 0. The molecule has 0 atom stereocenters. The largest absolute Gasteiger partial charge is 1.00 e. The van der Waals surface area contributed by atoms with Crippen LogP contribution < -0.4 is 29.7 Å². The first-order valence-corrected chi connectivity index (χ1v) is 1.82. The minimum Gasteiger partial charge on any atom is -0.565 e. The molecule has 0 heterocycles. The molecule has 0 amide bonds. The Kier molecular flexibility index (Phi) is 18.0. The van der Waals surface area contributed by atoms with Crippen molar-refractivity contribution in [2.45, 2.75) is 0 Å². The first-order chi connectivity index (χ1) is 4.00. The number of hydrogen-bond donors (Lipinski definition) is 3. The van der Waals surface area contributed by atoms with Gasteiger partial charge >= 0.3 is 24.8 Å². The Morgan fingerprint density at radius 1 is 1.40 bits per heavy atom. The van der Waals surface area contributed by atoms with Crippen LogP contribution >= 0.6 is 0 Å². The molecule has 0 spiro atoms. The van der Waals surface area contributed by atoms with Crippen LogP contribution in [-0.2, 0) is 4.79 Å². The fraction of sp³-hybridized carbons (Fsp3) is 0.333. The van der Waals surface area contributed by atoms with Crippen molar-refractivity contribution < 1.29 is 43.8 Å².